The van der Waals surface area contributed by atoms with E-state index in [1.54, 1.807) is 25.3 Å². The number of methoxy groups -OCH3 is 1. The van der Waals surface area contributed by atoms with E-state index in [2.05, 4.69) is 4.90 Å². The van der Waals surface area contributed by atoms with Crippen molar-refractivity contribution < 1.29 is 14.3 Å². The van der Waals surface area contributed by atoms with Gasteiger partial charge in [-0.25, -0.2) is 0 Å². The molecule has 6 nitrogen and oxygen atoms in total. The molecule has 2 saturated heterocycles. The number of anilines is 1. The molecule has 0 aromatic heterocycles. The van der Waals surface area contributed by atoms with Crippen LogP contribution >= 0.6 is 0 Å². The van der Waals surface area contributed by atoms with Crippen LogP contribution in [0.15, 0.2) is 18.2 Å². The van der Waals surface area contributed by atoms with E-state index < -0.39 is 0 Å². The van der Waals surface area contributed by atoms with Crippen molar-refractivity contribution >= 4 is 11.6 Å². The summed E-state index contributed by atoms with van der Waals surface area (Å²) >= 11 is 0. The molecule has 0 spiro atoms. The minimum absolute atomic E-state index is 0.0590. The minimum Gasteiger partial charge on any atom is -0.495 e. The van der Waals surface area contributed by atoms with Crippen molar-refractivity contribution in [3.63, 3.8) is 0 Å². The van der Waals surface area contributed by atoms with Crippen LogP contribution in [-0.2, 0) is 4.74 Å². The zero-order valence-electron chi connectivity index (χ0n) is 13.7. The van der Waals surface area contributed by atoms with E-state index in [1.807, 2.05) is 4.90 Å². The van der Waals surface area contributed by atoms with Crippen LogP contribution in [-0.4, -0.2) is 68.3 Å². The largest absolute Gasteiger partial charge is 0.495 e. The number of hydrogen-bond acceptors (Lipinski definition) is 5. The van der Waals surface area contributed by atoms with Crippen LogP contribution in [0.3, 0.4) is 0 Å². The maximum Gasteiger partial charge on any atom is 0.253 e. The fourth-order valence-corrected chi connectivity index (χ4v) is 3.40. The second kappa shape index (κ2) is 7.19. The Hall–Kier alpha value is -1.79. The summed E-state index contributed by atoms with van der Waals surface area (Å²) in [5.74, 6) is 0.614. The third-order valence-electron chi connectivity index (χ3n) is 4.79. The number of benzene rings is 1. The molecule has 2 fully saturated rings. The standard InChI is InChI=1S/C17H25N3O3/c1-22-16-12-13(2-3-15(16)18)17(21)20-6-4-14(5-7-20)19-8-10-23-11-9-19/h2-3,12,14H,4-11,18H2,1H3. The fourth-order valence-electron chi connectivity index (χ4n) is 3.40. The number of likely N-dealkylation sites (tertiary alicyclic amines) is 1. The van der Waals surface area contributed by atoms with E-state index in [-0.39, 0.29) is 5.91 Å². The van der Waals surface area contributed by atoms with Crippen LogP contribution in [0.1, 0.15) is 23.2 Å². The van der Waals surface area contributed by atoms with Gasteiger partial charge in [-0.1, -0.05) is 0 Å². The topological polar surface area (TPSA) is 68.0 Å². The highest BCUT2D eigenvalue weighted by Crippen LogP contribution is 2.24. The van der Waals surface area contributed by atoms with E-state index in [0.717, 1.165) is 52.2 Å². The van der Waals surface area contributed by atoms with Gasteiger partial charge in [0.2, 0.25) is 0 Å². The molecule has 0 atom stereocenters. The second-order valence-corrected chi connectivity index (χ2v) is 6.13. The maximum absolute atomic E-state index is 12.7. The lowest BCUT2D eigenvalue weighted by atomic mass is 10.0. The van der Waals surface area contributed by atoms with E-state index >= 15 is 0 Å². The van der Waals surface area contributed by atoms with Crippen molar-refractivity contribution in [3.8, 4) is 5.75 Å². The molecule has 1 aromatic rings. The zero-order valence-corrected chi connectivity index (χ0v) is 13.7. The van der Waals surface area contributed by atoms with E-state index in [9.17, 15) is 4.79 Å². The summed E-state index contributed by atoms with van der Waals surface area (Å²) in [6, 6.07) is 5.80. The highest BCUT2D eigenvalue weighted by molar-refractivity contribution is 5.95. The van der Waals surface area contributed by atoms with Crippen LogP contribution in [0.2, 0.25) is 0 Å². The molecule has 6 heteroatoms. The predicted octanol–water partition coefficient (Wildman–Crippen LogP) is 1.21. The summed E-state index contributed by atoms with van der Waals surface area (Å²) in [4.78, 5) is 17.1. The molecule has 1 amide bonds. The Morgan fingerprint density at radius 3 is 2.57 bits per heavy atom. The first-order valence-electron chi connectivity index (χ1n) is 8.23. The number of nitrogen functional groups attached to an aromatic ring is 1. The summed E-state index contributed by atoms with van der Waals surface area (Å²) < 4.78 is 10.6. The Balaban J connectivity index is 1.59. The average molecular weight is 319 g/mol. The number of piperidine rings is 1. The van der Waals surface area contributed by atoms with Crippen LogP contribution in [0.4, 0.5) is 5.69 Å². The van der Waals surface area contributed by atoms with Crippen molar-refractivity contribution in [2.45, 2.75) is 18.9 Å². The number of carbonyl (C=O) groups is 1. The first-order chi connectivity index (χ1) is 11.2. The number of amides is 1. The van der Waals surface area contributed by atoms with Crippen LogP contribution in [0, 0.1) is 0 Å². The maximum atomic E-state index is 12.7. The molecule has 0 bridgehead atoms. The molecule has 0 saturated carbocycles. The number of nitrogens with zero attached hydrogens (tertiary/aromatic N) is 2. The Morgan fingerprint density at radius 2 is 1.91 bits per heavy atom. The predicted molar refractivity (Wildman–Crippen MR) is 88.7 cm³/mol. The number of carbonyl (C=O) groups excluding carboxylic acids is 1. The van der Waals surface area contributed by atoms with Crippen molar-refractivity contribution in [1.29, 1.82) is 0 Å². The smallest absolute Gasteiger partial charge is 0.253 e. The molecule has 1 aromatic carbocycles. The van der Waals surface area contributed by atoms with Gasteiger partial charge in [-0.2, -0.15) is 0 Å². The van der Waals surface area contributed by atoms with Gasteiger partial charge in [-0.3, -0.25) is 9.69 Å². The zero-order chi connectivity index (χ0) is 16.2. The van der Waals surface area contributed by atoms with Crippen molar-refractivity contribution in [1.82, 2.24) is 9.80 Å². The quantitative estimate of drug-likeness (QED) is 0.848. The lowest BCUT2D eigenvalue weighted by molar-refractivity contribution is 0.00159. The average Bonchev–Trinajstić information content (AvgIpc) is 2.62. The lowest BCUT2D eigenvalue weighted by Crippen LogP contribution is -2.50. The third-order valence-corrected chi connectivity index (χ3v) is 4.79. The number of hydrogen-bond donors (Lipinski definition) is 1. The summed E-state index contributed by atoms with van der Waals surface area (Å²) in [6.45, 7) is 5.26. The highest BCUT2D eigenvalue weighted by Gasteiger charge is 2.28. The molecule has 0 aliphatic carbocycles. The van der Waals surface area contributed by atoms with Gasteiger partial charge >= 0.3 is 0 Å². The van der Waals surface area contributed by atoms with Crippen LogP contribution in [0.5, 0.6) is 5.75 Å². The first kappa shape index (κ1) is 16.1. The summed E-state index contributed by atoms with van der Waals surface area (Å²) in [5.41, 5.74) is 7.00. The van der Waals surface area contributed by atoms with Crippen LogP contribution < -0.4 is 10.5 Å². The molecule has 126 valence electrons. The SMILES string of the molecule is COc1cc(C(=O)N2CCC(N3CCOCC3)CC2)ccc1N. The van der Waals surface area contributed by atoms with Crippen molar-refractivity contribution in [3.05, 3.63) is 23.8 Å². The summed E-state index contributed by atoms with van der Waals surface area (Å²) in [7, 11) is 1.56. The highest BCUT2D eigenvalue weighted by atomic mass is 16.5. The van der Waals surface area contributed by atoms with E-state index in [4.69, 9.17) is 15.2 Å². The van der Waals surface area contributed by atoms with Crippen molar-refractivity contribution in [2.24, 2.45) is 0 Å². The molecule has 2 aliphatic rings. The van der Waals surface area contributed by atoms with Gasteiger partial charge in [0.1, 0.15) is 5.75 Å². The van der Waals surface area contributed by atoms with Gasteiger partial charge in [0.05, 0.1) is 26.0 Å². The molecule has 2 heterocycles. The molecular weight excluding hydrogens is 294 g/mol. The minimum atomic E-state index is 0.0590. The van der Waals surface area contributed by atoms with Gasteiger partial charge in [-0.15, -0.1) is 0 Å². The summed E-state index contributed by atoms with van der Waals surface area (Å²) in [6.07, 6.45) is 2.05. The van der Waals surface area contributed by atoms with E-state index in [0.29, 0.717) is 23.0 Å². The molecule has 2 aliphatic heterocycles. The number of nitrogens with two attached hydrogens (primary N) is 1. The van der Waals surface area contributed by atoms with Crippen LogP contribution in [0.25, 0.3) is 0 Å². The fraction of sp³-hybridized carbons (Fsp3) is 0.588. The second-order valence-electron chi connectivity index (χ2n) is 6.13. The Labute approximate surface area is 137 Å². The van der Waals surface area contributed by atoms with Gasteiger partial charge in [-0.05, 0) is 31.0 Å². The molecule has 3 rings (SSSR count). The van der Waals surface area contributed by atoms with Gasteiger partial charge in [0.15, 0.2) is 0 Å². The monoisotopic (exact) mass is 319 g/mol. The summed E-state index contributed by atoms with van der Waals surface area (Å²) in [5, 5.41) is 0. The normalized spacial score (nSPS) is 20.5. The number of morpholine rings is 1. The molecule has 0 radical (unpaired) electrons. The molecule has 0 unspecified atom stereocenters. The van der Waals surface area contributed by atoms with Gasteiger partial charge in [0, 0.05) is 37.8 Å². The number of ether oxygens (including phenoxy) is 2. The third kappa shape index (κ3) is 3.59. The van der Waals surface area contributed by atoms with Crippen molar-refractivity contribution in [2.75, 3.05) is 52.2 Å². The van der Waals surface area contributed by atoms with Gasteiger partial charge < -0.3 is 20.1 Å². The first-order valence-corrected chi connectivity index (χ1v) is 8.23. The molecule has 23 heavy (non-hydrogen) atoms. The van der Waals surface area contributed by atoms with E-state index in [1.165, 1.54) is 0 Å². The Kier molecular flexibility index (Phi) is 5.03. The lowest BCUT2D eigenvalue weighted by Gasteiger charge is -2.40. The Bertz CT molecular complexity index is 550. The Morgan fingerprint density at radius 1 is 1.22 bits per heavy atom. The number of rotatable bonds is 3. The van der Waals surface area contributed by atoms with Gasteiger partial charge in [0.25, 0.3) is 5.91 Å². The molecule has 2 N–H and O–H groups in total. The molecular formula is C17H25N3O3.